The summed E-state index contributed by atoms with van der Waals surface area (Å²) in [7, 11) is 1.91. The molecule has 0 fully saturated rings. The van der Waals surface area contributed by atoms with E-state index in [0.717, 1.165) is 0 Å². The van der Waals surface area contributed by atoms with Gasteiger partial charge in [0.25, 0.3) is 0 Å². The lowest BCUT2D eigenvalue weighted by molar-refractivity contribution is 0.397. The lowest BCUT2D eigenvalue weighted by atomic mass is 10.2. The van der Waals surface area contributed by atoms with Gasteiger partial charge in [-0.3, -0.25) is 10.4 Å². The summed E-state index contributed by atoms with van der Waals surface area (Å²) in [5.74, 6) is 0.422. The number of nitrogens with zero attached hydrogens (tertiary/aromatic N) is 3. The van der Waals surface area contributed by atoms with E-state index in [1.54, 1.807) is 12.7 Å². The minimum Gasteiger partial charge on any atom is -0.342 e. The number of fused-ring (bicyclic) bond motifs is 1. The minimum absolute atomic E-state index is 0.00347. The normalized spacial score (nSPS) is 33.9. The van der Waals surface area contributed by atoms with Crippen molar-refractivity contribution in [2.75, 3.05) is 7.05 Å². The Balaban J connectivity index is 2.29. The summed E-state index contributed by atoms with van der Waals surface area (Å²) in [6.07, 6.45) is 3.27. The van der Waals surface area contributed by atoms with E-state index < -0.39 is 0 Å². The zero-order valence-corrected chi connectivity index (χ0v) is 6.15. The first-order valence-electron chi connectivity index (χ1n) is 3.41. The van der Waals surface area contributed by atoms with Crippen molar-refractivity contribution in [2.45, 2.75) is 12.2 Å². The van der Waals surface area contributed by atoms with Gasteiger partial charge in [0.1, 0.15) is 11.9 Å². The van der Waals surface area contributed by atoms with Crippen LogP contribution in [0.4, 0.5) is 0 Å². The molecule has 2 N–H and O–H groups in total. The predicted octanol–water partition coefficient (Wildman–Crippen LogP) is -0.736. The highest BCUT2D eigenvalue weighted by atomic mass is 15.3. The number of amidine groups is 1. The van der Waals surface area contributed by atoms with Gasteiger partial charge in [-0.2, -0.15) is 0 Å². The molecule has 0 aliphatic carbocycles. The van der Waals surface area contributed by atoms with Crippen LogP contribution in [0.1, 0.15) is 0 Å². The molecule has 2 atom stereocenters. The molecule has 58 valence electrons. The van der Waals surface area contributed by atoms with Gasteiger partial charge in [0.15, 0.2) is 6.17 Å². The van der Waals surface area contributed by atoms with Gasteiger partial charge in [0.05, 0.1) is 12.7 Å². The first-order chi connectivity index (χ1) is 5.29. The molecule has 2 aliphatic heterocycles. The number of likely N-dealkylation sites (N-methyl/N-ethyl adjacent to an activating group) is 1. The maximum absolute atomic E-state index is 7.46. The third kappa shape index (κ3) is 0.806. The van der Waals surface area contributed by atoms with Gasteiger partial charge in [-0.25, -0.2) is 4.99 Å². The quantitative estimate of drug-likeness (QED) is 0.479. The Morgan fingerprint density at radius 1 is 1.64 bits per heavy atom. The second-order valence-electron chi connectivity index (χ2n) is 2.62. The Labute approximate surface area is 64.3 Å². The molecule has 2 aliphatic rings. The lowest BCUT2D eigenvalue weighted by Crippen LogP contribution is -2.46. The smallest absolute Gasteiger partial charge is 0.153 e. The fraction of sp³-hybridized carbons (Fsp3) is 0.500. The van der Waals surface area contributed by atoms with Gasteiger partial charge in [-0.05, 0) is 0 Å². The van der Waals surface area contributed by atoms with Crippen molar-refractivity contribution in [1.82, 2.24) is 10.2 Å². The molecule has 5 nitrogen and oxygen atoms in total. The van der Waals surface area contributed by atoms with Gasteiger partial charge < -0.3 is 10.2 Å². The molecule has 0 saturated heterocycles. The van der Waals surface area contributed by atoms with Gasteiger partial charge in [0, 0.05) is 7.05 Å². The Morgan fingerprint density at radius 2 is 2.45 bits per heavy atom. The highest BCUT2D eigenvalue weighted by molar-refractivity contribution is 5.97. The highest BCUT2D eigenvalue weighted by Gasteiger charge is 2.32. The zero-order valence-electron chi connectivity index (χ0n) is 6.15. The van der Waals surface area contributed by atoms with Crippen molar-refractivity contribution in [1.29, 1.82) is 5.41 Å². The SMILES string of the molecule is CN1C=NC2C(=N)NC=NC21. The maximum atomic E-state index is 7.46. The average Bonchev–Trinajstić information content (AvgIpc) is 2.35. The van der Waals surface area contributed by atoms with Crippen molar-refractivity contribution in [3.8, 4) is 0 Å². The first-order valence-corrected chi connectivity index (χ1v) is 3.41. The number of hydrogen-bond donors (Lipinski definition) is 2. The van der Waals surface area contributed by atoms with Gasteiger partial charge in [-0.15, -0.1) is 0 Å². The van der Waals surface area contributed by atoms with Crippen LogP contribution in [0.3, 0.4) is 0 Å². The molecule has 0 aromatic carbocycles. The molecule has 0 aromatic rings. The highest BCUT2D eigenvalue weighted by Crippen LogP contribution is 2.14. The summed E-state index contributed by atoms with van der Waals surface area (Å²) in [4.78, 5) is 10.2. The maximum Gasteiger partial charge on any atom is 0.153 e. The van der Waals surface area contributed by atoms with E-state index in [1.165, 1.54) is 0 Å². The number of aliphatic imine (C=N–C) groups is 2. The van der Waals surface area contributed by atoms with Crippen LogP contribution in [0.5, 0.6) is 0 Å². The summed E-state index contributed by atoms with van der Waals surface area (Å²) in [6, 6.07) is -0.120. The zero-order chi connectivity index (χ0) is 7.84. The van der Waals surface area contributed by atoms with Crippen LogP contribution in [0.25, 0.3) is 0 Å². The van der Waals surface area contributed by atoms with E-state index in [-0.39, 0.29) is 12.2 Å². The van der Waals surface area contributed by atoms with E-state index >= 15 is 0 Å². The van der Waals surface area contributed by atoms with Crippen LogP contribution in [-0.2, 0) is 0 Å². The van der Waals surface area contributed by atoms with E-state index in [2.05, 4.69) is 15.3 Å². The standard InChI is InChI=1S/C6H9N5/c1-11-3-10-4-5(7)8-2-9-6(4)11/h2-4,6H,1H3,(H2,7,8,9). The van der Waals surface area contributed by atoms with Crippen LogP contribution in [0.15, 0.2) is 9.98 Å². The number of rotatable bonds is 0. The monoisotopic (exact) mass is 151 g/mol. The Hall–Kier alpha value is -1.39. The van der Waals surface area contributed by atoms with Crippen molar-refractivity contribution >= 4 is 18.5 Å². The summed E-state index contributed by atoms with van der Waals surface area (Å²) >= 11 is 0. The Kier molecular flexibility index (Phi) is 1.18. The first kappa shape index (κ1) is 6.33. The molecule has 2 unspecified atom stereocenters. The summed E-state index contributed by atoms with van der Waals surface area (Å²) in [6.45, 7) is 0. The van der Waals surface area contributed by atoms with Crippen molar-refractivity contribution in [3.05, 3.63) is 0 Å². The van der Waals surface area contributed by atoms with Crippen LogP contribution < -0.4 is 5.32 Å². The van der Waals surface area contributed by atoms with Crippen molar-refractivity contribution < 1.29 is 0 Å². The Bertz CT molecular complexity index is 243. The van der Waals surface area contributed by atoms with Crippen molar-refractivity contribution in [2.24, 2.45) is 9.98 Å². The molecule has 0 bridgehead atoms. The van der Waals surface area contributed by atoms with Gasteiger partial charge in [0.2, 0.25) is 0 Å². The van der Waals surface area contributed by atoms with E-state index in [4.69, 9.17) is 5.41 Å². The lowest BCUT2D eigenvalue weighted by Gasteiger charge is -2.24. The second kappa shape index (κ2) is 2.05. The van der Waals surface area contributed by atoms with Crippen LogP contribution >= 0.6 is 0 Å². The van der Waals surface area contributed by atoms with Gasteiger partial charge >= 0.3 is 0 Å². The van der Waals surface area contributed by atoms with E-state index in [0.29, 0.717) is 5.84 Å². The summed E-state index contributed by atoms with van der Waals surface area (Å²) in [5, 5.41) is 10.2. The molecule has 5 heteroatoms. The van der Waals surface area contributed by atoms with E-state index in [9.17, 15) is 0 Å². The minimum atomic E-state index is -0.120. The number of hydrogen-bond acceptors (Lipinski definition) is 4. The third-order valence-electron chi connectivity index (χ3n) is 1.85. The molecule has 11 heavy (non-hydrogen) atoms. The summed E-state index contributed by atoms with van der Waals surface area (Å²) < 4.78 is 0. The molecule has 0 spiro atoms. The molecule has 2 rings (SSSR count). The largest absolute Gasteiger partial charge is 0.342 e. The second-order valence-corrected chi connectivity index (χ2v) is 2.62. The molecule has 0 aromatic heterocycles. The average molecular weight is 151 g/mol. The molecule has 0 amide bonds. The fourth-order valence-electron chi connectivity index (χ4n) is 1.22. The molecule has 0 saturated carbocycles. The van der Waals surface area contributed by atoms with Crippen LogP contribution in [0, 0.1) is 5.41 Å². The summed E-state index contributed by atoms with van der Waals surface area (Å²) in [5.41, 5.74) is 0. The Morgan fingerprint density at radius 3 is 3.18 bits per heavy atom. The molecule has 0 radical (unpaired) electrons. The molecular formula is C6H9N5. The van der Waals surface area contributed by atoms with Crippen LogP contribution in [-0.4, -0.2) is 42.7 Å². The van der Waals surface area contributed by atoms with E-state index in [1.807, 2.05) is 11.9 Å². The van der Waals surface area contributed by atoms with Crippen molar-refractivity contribution in [3.63, 3.8) is 0 Å². The molecule has 2 heterocycles. The predicted molar refractivity (Wildman–Crippen MR) is 43.2 cm³/mol. The van der Waals surface area contributed by atoms with Gasteiger partial charge in [-0.1, -0.05) is 0 Å². The number of nitrogens with one attached hydrogen (secondary N) is 2. The topological polar surface area (TPSA) is 63.8 Å². The fourth-order valence-corrected chi connectivity index (χ4v) is 1.22. The third-order valence-corrected chi connectivity index (χ3v) is 1.85. The van der Waals surface area contributed by atoms with Crippen LogP contribution in [0.2, 0.25) is 0 Å². The molecular weight excluding hydrogens is 142 g/mol.